The van der Waals surface area contributed by atoms with Crippen LogP contribution in [0, 0.1) is 6.92 Å². The molecule has 1 aliphatic heterocycles. The first-order chi connectivity index (χ1) is 15.9. The summed E-state index contributed by atoms with van der Waals surface area (Å²) in [6, 6.07) is 4.00. The minimum absolute atomic E-state index is 0.0770. The number of benzene rings is 1. The molecule has 0 aliphatic carbocycles. The summed E-state index contributed by atoms with van der Waals surface area (Å²) in [5.41, 5.74) is 9.93. The van der Waals surface area contributed by atoms with Crippen molar-refractivity contribution in [3.05, 3.63) is 46.0 Å². The van der Waals surface area contributed by atoms with Crippen LogP contribution >= 0.6 is 11.6 Å². The molecule has 3 N–H and O–H groups in total. The third-order valence-electron chi connectivity index (χ3n) is 6.47. The molecule has 1 fully saturated rings. The van der Waals surface area contributed by atoms with Crippen molar-refractivity contribution >= 4 is 45.2 Å². The molecule has 0 spiro atoms. The molecule has 0 bridgehead atoms. The van der Waals surface area contributed by atoms with Gasteiger partial charge in [0.1, 0.15) is 17.7 Å². The first-order valence-electron chi connectivity index (χ1n) is 11.0. The highest BCUT2D eigenvalue weighted by molar-refractivity contribution is 6.28. The quantitative estimate of drug-likeness (QED) is 0.339. The molecular formula is C22H26ClN9O. The molecule has 0 unspecified atom stereocenters. The number of piperidine rings is 1. The molecule has 0 atom stereocenters. The molecule has 172 valence electrons. The van der Waals surface area contributed by atoms with Crippen molar-refractivity contribution in [1.29, 1.82) is 0 Å². The van der Waals surface area contributed by atoms with E-state index in [4.69, 9.17) is 17.3 Å². The third-order valence-corrected chi connectivity index (χ3v) is 6.65. The Labute approximate surface area is 195 Å². The van der Waals surface area contributed by atoms with Gasteiger partial charge in [-0.2, -0.15) is 4.98 Å². The van der Waals surface area contributed by atoms with Gasteiger partial charge in [-0.05, 0) is 49.1 Å². The summed E-state index contributed by atoms with van der Waals surface area (Å²) >= 11 is 6.00. The Kier molecular flexibility index (Phi) is 5.63. The molecule has 3 aromatic heterocycles. The van der Waals surface area contributed by atoms with Crippen LogP contribution in [0.25, 0.3) is 22.1 Å². The number of nitrogens with two attached hydrogens (primary N) is 1. The molecule has 10 nitrogen and oxygen atoms in total. The number of rotatable bonds is 5. The summed E-state index contributed by atoms with van der Waals surface area (Å²) in [5.74, 6) is 0.792. The number of aryl methyl sites for hydroxylation is 2. The molecule has 0 radical (unpaired) electrons. The molecule has 5 rings (SSSR count). The maximum Gasteiger partial charge on any atom is 0.330 e. The van der Waals surface area contributed by atoms with E-state index < -0.39 is 0 Å². The van der Waals surface area contributed by atoms with E-state index in [9.17, 15) is 4.79 Å². The van der Waals surface area contributed by atoms with Crippen molar-refractivity contribution in [2.24, 2.45) is 7.05 Å². The number of fused-ring (bicyclic) bond motifs is 2. The summed E-state index contributed by atoms with van der Waals surface area (Å²) in [6.45, 7) is 5.39. The van der Waals surface area contributed by atoms with Crippen molar-refractivity contribution in [1.82, 2.24) is 34.0 Å². The number of nitrogens with zero attached hydrogens (tertiary/aromatic N) is 7. The highest BCUT2D eigenvalue weighted by Gasteiger charge is 2.25. The lowest BCUT2D eigenvalue weighted by atomic mass is 10.0. The number of halogens is 1. The number of hydrogen-bond donors (Lipinski definition) is 2. The van der Waals surface area contributed by atoms with Crippen LogP contribution in [0.15, 0.2) is 29.5 Å². The number of aromatic nitrogens is 6. The predicted molar refractivity (Wildman–Crippen MR) is 130 cm³/mol. The van der Waals surface area contributed by atoms with Gasteiger partial charge in [0.05, 0.1) is 11.7 Å². The molecule has 4 heterocycles. The predicted octanol–water partition coefficient (Wildman–Crippen LogP) is 2.37. The van der Waals surface area contributed by atoms with Crippen molar-refractivity contribution in [3.8, 4) is 0 Å². The third kappa shape index (κ3) is 4.00. The number of imidazole rings is 1. The normalized spacial score (nSPS) is 15.5. The number of nitrogens with one attached hydrogen (secondary N) is 1. The highest BCUT2D eigenvalue weighted by atomic mass is 35.5. The summed E-state index contributed by atoms with van der Waals surface area (Å²) in [5, 5.41) is 4.51. The van der Waals surface area contributed by atoms with Crippen LogP contribution in [0.1, 0.15) is 24.4 Å². The van der Waals surface area contributed by atoms with Gasteiger partial charge in [-0.25, -0.2) is 19.7 Å². The Balaban J connectivity index is 1.23. The van der Waals surface area contributed by atoms with Gasteiger partial charge in [0.25, 0.3) is 0 Å². The fourth-order valence-corrected chi connectivity index (χ4v) is 4.67. The standard InChI is InChI=1S/C22H26ClN9O/c1-13-9-17-15(10-16(13)24)19(28-12-27-17)25-5-8-31-6-3-14(4-7-31)32-20-18(30(2)22(32)33)11-26-21(23)29-20/h9-12,14H,3-8,24H2,1-2H3,(H,25,27,28). The van der Waals surface area contributed by atoms with E-state index in [-0.39, 0.29) is 17.0 Å². The van der Waals surface area contributed by atoms with Crippen LogP contribution < -0.4 is 16.7 Å². The average molecular weight is 468 g/mol. The Bertz CT molecular complexity index is 1390. The van der Waals surface area contributed by atoms with E-state index in [1.807, 2.05) is 19.1 Å². The van der Waals surface area contributed by atoms with Gasteiger partial charge >= 0.3 is 5.69 Å². The van der Waals surface area contributed by atoms with Crippen molar-refractivity contribution in [2.75, 3.05) is 37.2 Å². The van der Waals surface area contributed by atoms with Crippen LogP contribution in [-0.4, -0.2) is 60.1 Å². The number of anilines is 2. The molecule has 0 amide bonds. The first-order valence-corrected chi connectivity index (χ1v) is 11.4. The van der Waals surface area contributed by atoms with Crippen molar-refractivity contribution < 1.29 is 0 Å². The van der Waals surface area contributed by atoms with Gasteiger partial charge in [-0.15, -0.1) is 0 Å². The molecule has 33 heavy (non-hydrogen) atoms. The molecule has 0 saturated carbocycles. The Morgan fingerprint density at radius 3 is 2.79 bits per heavy atom. The monoisotopic (exact) mass is 467 g/mol. The lowest BCUT2D eigenvalue weighted by Gasteiger charge is -2.32. The van der Waals surface area contributed by atoms with Crippen molar-refractivity contribution in [3.63, 3.8) is 0 Å². The van der Waals surface area contributed by atoms with Crippen LogP contribution in [-0.2, 0) is 7.05 Å². The van der Waals surface area contributed by atoms with Gasteiger partial charge < -0.3 is 16.0 Å². The Morgan fingerprint density at radius 2 is 2.00 bits per heavy atom. The second-order valence-electron chi connectivity index (χ2n) is 8.51. The molecule has 1 aromatic carbocycles. The minimum atomic E-state index is -0.0770. The molecule has 4 aromatic rings. The largest absolute Gasteiger partial charge is 0.398 e. The molecule has 1 aliphatic rings. The van der Waals surface area contributed by atoms with Crippen molar-refractivity contribution in [2.45, 2.75) is 25.8 Å². The second-order valence-corrected chi connectivity index (χ2v) is 8.85. The maximum atomic E-state index is 12.8. The van der Waals surface area contributed by atoms with Crippen LogP contribution in [0.5, 0.6) is 0 Å². The lowest BCUT2D eigenvalue weighted by molar-refractivity contribution is 0.192. The van der Waals surface area contributed by atoms with E-state index in [0.29, 0.717) is 11.2 Å². The van der Waals surface area contributed by atoms with E-state index in [1.54, 1.807) is 28.7 Å². The number of nitrogen functional groups attached to an aromatic ring is 1. The van der Waals surface area contributed by atoms with Gasteiger partial charge in [0.2, 0.25) is 5.28 Å². The zero-order chi connectivity index (χ0) is 23.1. The summed E-state index contributed by atoms with van der Waals surface area (Å²) in [4.78, 5) is 32.3. The molecular weight excluding hydrogens is 442 g/mol. The van der Waals surface area contributed by atoms with Gasteiger partial charge in [0.15, 0.2) is 5.65 Å². The van der Waals surface area contributed by atoms with Crippen LogP contribution in [0.3, 0.4) is 0 Å². The minimum Gasteiger partial charge on any atom is -0.398 e. The maximum absolute atomic E-state index is 12.8. The zero-order valence-electron chi connectivity index (χ0n) is 18.6. The van der Waals surface area contributed by atoms with E-state index in [2.05, 4.69) is 30.2 Å². The van der Waals surface area contributed by atoms with Gasteiger partial charge in [0, 0.05) is 50.3 Å². The van der Waals surface area contributed by atoms with Crippen LogP contribution in [0.2, 0.25) is 5.28 Å². The van der Waals surface area contributed by atoms with Gasteiger partial charge in [-0.1, -0.05) is 0 Å². The average Bonchev–Trinajstić information content (AvgIpc) is 3.05. The fraction of sp³-hybridized carbons (Fsp3) is 0.409. The number of likely N-dealkylation sites (tertiary alicyclic amines) is 1. The van der Waals surface area contributed by atoms with E-state index in [1.165, 1.54) is 0 Å². The summed E-state index contributed by atoms with van der Waals surface area (Å²) in [6.07, 6.45) is 4.92. The van der Waals surface area contributed by atoms with Gasteiger partial charge in [-0.3, -0.25) is 9.13 Å². The fourth-order valence-electron chi connectivity index (χ4n) is 4.54. The van der Waals surface area contributed by atoms with E-state index >= 15 is 0 Å². The smallest absolute Gasteiger partial charge is 0.330 e. The van der Waals surface area contributed by atoms with Crippen LogP contribution in [0.4, 0.5) is 11.5 Å². The first kappa shape index (κ1) is 21.6. The SMILES string of the molecule is Cc1cc2ncnc(NCCN3CCC(n4c(=O)n(C)c5cnc(Cl)nc54)CC3)c2cc1N. The molecule has 11 heteroatoms. The topological polar surface area (TPSA) is 120 Å². The second kappa shape index (κ2) is 8.60. The zero-order valence-corrected chi connectivity index (χ0v) is 19.4. The lowest BCUT2D eigenvalue weighted by Crippen LogP contribution is -2.39. The number of hydrogen-bond acceptors (Lipinski definition) is 8. The van der Waals surface area contributed by atoms with E-state index in [0.717, 1.165) is 67.0 Å². The highest BCUT2D eigenvalue weighted by Crippen LogP contribution is 2.26. The summed E-state index contributed by atoms with van der Waals surface area (Å²) < 4.78 is 3.36. The molecule has 1 saturated heterocycles. The Morgan fingerprint density at radius 1 is 1.21 bits per heavy atom. The Hall–Kier alpha value is -3.24. The summed E-state index contributed by atoms with van der Waals surface area (Å²) in [7, 11) is 1.74.